The van der Waals surface area contributed by atoms with Gasteiger partial charge in [-0.1, -0.05) is 23.8 Å². The van der Waals surface area contributed by atoms with Crippen molar-refractivity contribution in [2.75, 3.05) is 10.6 Å². The maximum atomic E-state index is 11.6. The lowest BCUT2D eigenvalue weighted by Gasteiger charge is -2.11. The summed E-state index contributed by atoms with van der Waals surface area (Å²) in [4.78, 5) is 23.3. The van der Waals surface area contributed by atoms with Gasteiger partial charge in [0.25, 0.3) is 0 Å². The van der Waals surface area contributed by atoms with Gasteiger partial charge in [-0.15, -0.1) is 0 Å². The summed E-state index contributed by atoms with van der Waals surface area (Å²) in [6.45, 7) is 3.82. The topological polar surface area (TPSA) is 106 Å². The minimum Gasteiger partial charge on any atom is -0.334 e. The molecule has 0 bridgehead atoms. The molecular formula is C17H16N6O2. The van der Waals surface area contributed by atoms with Crippen molar-refractivity contribution in [3.05, 3.63) is 70.2 Å². The molecule has 2 aromatic heterocycles. The van der Waals surface area contributed by atoms with Crippen LogP contribution in [-0.4, -0.2) is 19.9 Å². The molecule has 0 aliphatic rings. The minimum absolute atomic E-state index is 0.0800. The molecule has 126 valence electrons. The summed E-state index contributed by atoms with van der Waals surface area (Å²) in [7, 11) is 0. The van der Waals surface area contributed by atoms with Crippen molar-refractivity contribution in [1.29, 1.82) is 0 Å². The van der Waals surface area contributed by atoms with Crippen molar-refractivity contribution in [2.45, 2.75) is 13.8 Å². The van der Waals surface area contributed by atoms with Crippen molar-refractivity contribution >= 4 is 28.8 Å². The van der Waals surface area contributed by atoms with E-state index in [9.17, 15) is 10.1 Å². The van der Waals surface area contributed by atoms with Crippen molar-refractivity contribution in [2.24, 2.45) is 0 Å². The number of hydrogen-bond donors (Lipinski definition) is 2. The molecule has 0 spiro atoms. The SMILES string of the molecule is Cc1ccc(Nc2ncnc(Nc3ncccc3C)c2[N+](=O)[O-])cc1. The second-order valence-electron chi connectivity index (χ2n) is 5.46. The number of rotatable bonds is 5. The van der Waals surface area contributed by atoms with E-state index in [1.54, 1.807) is 12.3 Å². The molecule has 3 aromatic rings. The number of pyridine rings is 1. The van der Waals surface area contributed by atoms with Crippen molar-refractivity contribution in [1.82, 2.24) is 15.0 Å². The van der Waals surface area contributed by atoms with Crippen LogP contribution in [0.5, 0.6) is 0 Å². The number of aromatic nitrogens is 3. The summed E-state index contributed by atoms with van der Waals surface area (Å²) in [5.41, 5.74) is 2.40. The normalized spacial score (nSPS) is 10.3. The van der Waals surface area contributed by atoms with Gasteiger partial charge in [0, 0.05) is 11.9 Å². The second-order valence-corrected chi connectivity index (χ2v) is 5.46. The Bertz CT molecular complexity index is 911. The monoisotopic (exact) mass is 336 g/mol. The van der Waals surface area contributed by atoms with E-state index in [1.807, 2.05) is 44.2 Å². The number of anilines is 4. The fourth-order valence-corrected chi connectivity index (χ4v) is 2.24. The molecule has 0 fully saturated rings. The van der Waals surface area contributed by atoms with Crippen LogP contribution in [0.25, 0.3) is 0 Å². The van der Waals surface area contributed by atoms with Gasteiger partial charge in [-0.05, 0) is 37.6 Å². The highest BCUT2D eigenvalue weighted by Crippen LogP contribution is 2.33. The van der Waals surface area contributed by atoms with Gasteiger partial charge >= 0.3 is 5.69 Å². The summed E-state index contributed by atoms with van der Waals surface area (Å²) in [6.07, 6.45) is 2.87. The van der Waals surface area contributed by atoms with E-state index in [2.05, 4.69) is 25.6 Å². The van der Waals surface area contributed by atoms with E-state index in [0.29, 0.717) is 11.5 Å². The van der Waals surface area contributed by atoms with E-state index >= 15 is 0 Å². The third kappa shape index (κ3) is 3.69. The van der Waals surface area contributed by atoms with Crippen molar-refractivity contribution in [3.63, 3.8) is 0 Å². The first-order valence-electron chi connectivity index (χ1n) is 7.56. The van der Waals surface area contributed by atoms with Crippen molar-refractivity contribution < 1.29 is 4.92 Å². The zero-order chi connectivity index (χ0) is 17.8. The van der Waals surface area contributed by atoms with Gasteiger partial charge in [0.2, 0.25) is 11.6 Å². The number of hydrogen-bond acceptors (Lipinski definition) is 7. The number of nitro groups is 1. The zero-order valence-corrected chi connectivity index (χ0v) is 13.7. The first kappa shape index (κ1) is 16.3. The summed E-state index contributed by atoms with van der Waals surface area (Å²) < 4.78 is 0. The molecule has 25 heavy (non-hydrogen) atoms. The molecule has 2 heterocycles. The predicted octanol–water partition coefficient (Wildman–Crippen LogP) is 3.88. The Kier molecular flexibility index (Phi) is 4.51. The largest absolute Gasteiger partial charge is 0.353 e. The van der Waals surface area contributed by atoms with Crippen LogP contribution in [0.3, 0.4) is 0 Å². The number of aryl methyl sites for hydroxylation is 2. The fourth-order valence-electron chi connectivity index (χ4n) is 2.24. The van der Waals surface area contributed by atoms with Gasteiger partial charge in [-0.3, -0.25) is 10.1 Å². The third-order valence-electron chi connectivity index (χ3n) is 3.57. The van der Waals surface area contributed by atoms with E-state index in [-0.39, 0.29) is 17.3 Å². The lowest BCUT2D eigenvalue weighted by Crippen LogP contribution is -2.06. The number of nitrogens with one attached hydrogen (secondary N) is 2. The molecule has 1 aromatic carbocycles. The average molecular weight is 336 g/mol. The Morgan fingerprint density at radius 1 is 0.920 bits per heavy atom. The lowest BCUT2D eigenvalue weighted by molar-refractivity contribution is -0.383. The summed E-state index contributed by atoms with van der Waals surface area (Å²) >= 11 is 0. The minimum atomic E-state index is -0.517. The molecule has 0 saturated carbocycles. The van der Waals surface area contributed by atoms with Crippen LogP contribution in [0.1, 0.15) is 11.1 Å². The molecule has 8 heteroatoms. The highest BCUT2D eigenvalue weighted by molar-refractivity contribution is 5.76. The number of benzene rings is 1. The molecule has 0 amide bonds. The van der Waals surface area contributed by atoms with Gasteiger partial charge < -0.3 is 10.6 Å². The quantitative estimate of drug-likeness (QED) is 0.538. The first-order valence-corrected chi connectivity index (χ1v) is 7.56. The van der Waals surface area contributed by atoms with Crippen molar-refractivity contribution in [3.8, 4) is 0 Å². The Morgan fingerprint density at radius 3 is 2.24 bits per heavy atom. The number of nitrogens with zero attached hydrogens (tertiary/aromatic N) is 4. The predicted molar refractivity (Wildman–Crippen MR) is 95.4 cm³/mol. The second kappa shape index (κ2) is 6.91. The fraction of sp³-hybridized carbons (Fsp3) is 0.118. The van der Waals surface area contributed by atoms with E-state index in [1.165, 1.54) is 6.33 Å². The zero-order valence-electron chi connectivity index (χ0n) is 13.7. The summed E-state index contributed by atoms with van der Waals surface area (Å²) in [5, 5.41) is 17.5. The molecule has 8 nitrogen and oxygen atoms in total. The van der Waals surface area contributed by atoms with Gasteiger partial charge in [0.15, 0.2) is 0 Å². The Hall–Kier alpha value is -3.55. The van der Waals surface area contributed by atoms with Crippen LogP contribution in [0.15, 0.2) is 48.9 Å². The van der Waals surface area contributed by atoms with Crippen LogP contribution < -0.4 is 10.6 Å². The van der Waals surface area contributed by atoms with Crippen LogP contribution in [0.4, 0.5) is 28.8 Å². The molecule has 2 N–H and O–H groups in total. The molecule has 0 aliphatic carbocycles. The van der Waals surface area contributed by atoms with Gasteiger partial charge in [0.05, 0.1) is 4.92 Å². The van der Waals surface area contributed by atoms with Crippen LogP contribution in [-0.2, 0) is 0 Å². The molecule has 0 saturated heterocycles. The molecule has 0 aliphatic heterocycles. The summed E-state index contributed by atoms with van der Waals surface area (Å²) in [5.74, 6) is 0.696. The standard InChI is InChI=1S/C17H16N6O2/c1-11-5-7-13(8-6-11)21-16-14(23(24)25)17(20-10-19-16)22-15-12(2)4-3-9-18-15/h3-10H,1-2H3,(H2,18,19,20,21,22). The van der Waals surface area contributed by atoms with Crippen LogP contribution in [0, 0.1) is 24.0 Å². The molecule has 0 radical (unpaired) electrons. The Labute approximate surface area is 144 Å². The maximum absolute atomic E-state index is 11.6. The highest BCUT2D eigenvalue weighted by Gasteiger charge is 2.23. The highest BCUT2D eigenvalue weighted by atomic mass is 16.6. The third-order valence-corrected chi connectivity index (χ3v) is 3.57. The van der Waals surface area contributed by atoms with Crippen LogP contribution in [0.2, 0.25) is 0 Å². The molecule has 0 atom stereocenters. The van der Waals surface area contributed by atoms with Gasteiger partial charge in [0.1, 0.15) is 12.1 Å². The molecular weight excluding hydrogens is 320 g/mol. The smallest absolute Gasteiger partial charge is 0.334 e. The molecule has 3 rings (SSSR count). The van der Waals surface area contributed by atoms with Gasteiger partial charge in [-0.25, -0.2) is 15.0 Å². The molecule has 0 unspecified atom stereocenters. The maximum Gasteiger partial charge on any atom is 0.353 e. The Balaban J connectivity index is 1.98. The van der Waals surface area contributed by atoms with Crippen LogP contribution >= 0.6 is 0 Å². The van der Waals surface area contributed by atoms with Gasteiger partial charge in [-0.2, -0.15) is 0 Å². The summed E-state index contributed by atoms with van der Waals surface area (Å²) in [6, 6.07) is 11.1. The lowest BCUT2D eigenvalue weighted by atomic mass is 10.2. The average Bonchev–Trinajstić information content (AvgIpc) is 2.59. The van der Waals surface area contributed by atoms with E-state index in [0.717, 1.165) is 11.1 Å². The Morgan fingerprint density at radius 2 is 1.60 bits per heavy atom. The first-order chi connectivity index (χ1) is 12.0. The van der Waals surface area contributed by atoms with E-state index < -0.39 is 4.92 Å². The van der Waals surface area contributed by atoms with E-state index in [4.69, 9.17) is 0 Å².